The van der Waals surface area contributed by atoms with Crippen molar-refractivity contribution in [3.05, 3.63) is 24.2 Å². The molecule has 0 amide bonds. The van der Waals surface area contributed by atoms with Gasteiger partial charge in [0.05, 0.1) is 12.5 Å². The topological polar surface area (TPSA) is 37.2 Å². The first kappa shape index (κ1) is 11.3. The summed E-state index contributed by atoms with van der Waals surface area (Å²) in [6.07, 6.45) is 4.65. The maximum atomic E-state index is 4.97. The van der Waals surface area contributed by atoms with Crippen molar-refractivity contribution in [3.8, 4) is 0 Å². The molecule has 0 aliphatic heterocycles. The van der Waals surface area contributed by atoms with Gasteiger partial charge in [0, 0.05) is 18.2 Å². The lowest BCUT2D eigenvalue weighted by atomic mass is 10.3. The van der Waals surface area contributed by atoms with Crippen LogP contribution in [0.25, 0.3) is 0 Å². The molecule has 0 aliphatic rings. The highest BCUT2D eigenvalue weighted by molar-refractivity contribution is 5.04. The maximum absolute atomic E-state index is 4.97. The fraction of sp³-hybridized carbons (Fsp3) is 0.636. The van der Waals surface area contributed by atoms with Gasteiger partial charge < -0.3 is 15.1 Å². The molecule has 80 valence electrons. The van der Waals surface area contributed by atoms with E-state index in [9.17, 15) is 0 Å². The Bertz CT molecular complexity index is 219. The van der Waals surface area contributed by atoms with Gasteiger partial charge in [-0.15, -0.1) is 0 Å². The number of furan rings is 1. The summed E-state index contributed by atoms with van der Waals surface area (Å²) in [5.41, 5.74) is 1.21. The number of rotatable bonds is 7. The van der Waals surface area contributed by atoms with Crippen molar-refractivity contribution in [2.24, 2.45) is 0 Å². The van der Waals surface area contributed by atoms with Gasteiger partial charge in [-0.05, 0) is 25.6 Å². The van der Waals surface area contributed by atoms with E-state index < -0.39 is 0 Å². The highest BCUT2D eigenvalue weighted by Gasteiger charge is 1.94. The number of hydrogen-bond acceptors (Lipinski definition) is 3. The standard InChI is InChI=1S/C11H20N2O/c1-10(2)13-6-3-5-12-8-11-4-7-14-9-11/h4,7,9-10,12-13H,3,5-6,8H2,1-2H3. The van der Waals surface area contributed by atoms with Crippen LogP contribution in [-0.4, -0.2) is 19.1 Å². The molecule has 0 radical (unpaired) electrons. The van der Waals surface area contributed by atoms with Crippen molar-refractivity contribution < 1.29 is 4.42 Å². The first-order valence-corrected chi connectivity index (χ1v) is 5.24. The average Bonchev–Trinajstić information content (AvgIpc) is 2.63. The van der Waals surface area contributed by atoms with Crippen molar-refractivity contribution >= 4 is 0 Å². The smallest absolute Gasteiger partial charge is 0.0947 e. The van der Waals surface area contributed by atoms with Crippen LogP contribution in [0.4, 0.5) is 0 Å². The zero-order valence-corrected chi connectivity index (χ0v) is 9.05. The minimum Gasteiger partial charge on any atom is -0.472 e. The van der Waals surface area contributed by atoms with E-state index >= 15 is 0 Å². The summed E-state index contributed by atoms with van der Waals surface area (Å²) in [7, 11) is 0. The van der Waals surface area contributed by atoms with E-state index in [1.165, 1.54) is 5.56 Å². The van der Waals surface area contributed by atoms with E-state index in [4.69, 9.17) is 4.42 Å². The van der Waals surface area contributed by atoms with Crippen molar-refractivity contribution in [2.45, 2.75) is 32.9 Å². The van der Waals surface area contributed by atoms with Crippen molar-refractivity contribution in [3.63, 3.8) is 0 Å². The van der Waals surface area contributed by atoms with E-state index in [1.54, 1.807) is 12.5 Å². The average molecular weight is 196 g/mol. The predicted molar refractivity (Wildman–Crippen MR) is 58.2 cm³/mol. The van der Waals surface area contributed by atoms with Gasteiger partial charge in [-0.1, -0.05) is 13.8 Å². The minimum atomic E-state index is 0.587. The summed E-state index contributed by atoms with van der Waals surface area (Å²) in [6, 6.07) is 2.57. The van der Waals surface area contributed by atoms with Crippen LogP contribution in [0.2, 0.25) is 0 Å². The van der Waals surface area contributed by atoms with Crippen LogP contribution in [0, 0.1) is 0 Å². The number of hydrogen-bond donors (Lipinski definition) is 2. The molecule has 0 saturated carbocycles. The zero-order valence-electron chi connectivity index (χ0n) is 9.05. The van der Waals surface area contributed by atoms with Gasteiger partial charge >= 0.3 is 0 Å². The zero-order chi connectivity index (χ0) is 10.2. The minimum absolute atomic E-state index is 0.587. The molecule has 1 aromatic rings. The summed E-state index contributed by atoms with van der Waals surface area (Å²) in [6.45, 7) is 7.36. The summed E-state index contributed by atoms with van der Waals surface area (Å²) >= 11 is 0. The fourth-order valence-corrected chi connectivity index (χ4v) is 1.23. The van der Waals surface area contributed by atoms with Gasteiger partial charge in [-0.25, -0.2) is 0 Å². The predicted octanol–water partition coefficient (Wildman–Crippen LogP) is 1.76. The van der Waals surface area contributed by atoms with Gasteiger partial charge in [0.2, 0.25) is 0 Å². The van der Waals surface area contributed by atoms with E-state index in [0.29, 0.717) is 6.04 Å². The van der Waals surface area contributed by atoms with Gasteiger partial charge in [0.25, 0.3) is 0 Å². The molecule has 3 nitrogen and oxygen atoms in total. The molecule has 0 unspecified atom stereocenters. The highest BCUT2D eigenvalue weighted by atomic mass is 16.3. The third-order valence-electron chi connectivity index (χ3n) is 1.99. The molecular weight excluding hydrogens is 176 g/mol. The Kier molecular flexibility index (Phi) is 5.33. The van der Waals surface area contributed by atoms with Crippen molar-refractivity contribution in [2.75, 3.05) is 13.1 Å². The molecule has 0 spiro atoms. The molecule has 1 rings (SSSR count). The first-order chi connectivity index (χ1) is 6.79. The lowest BCUT2D eigenvalue weighted by molar-refractivity contribution is 0.542. The van der Waals surface area contributed by atoms with Crippen LogP contribution in [0.5, 0.6) is 0 Å². The molecule has 0 bridgehead atoms. The Hall–Kier alpha value is -0.800. The molecule has 0 atom stereocenters. The lowest BCUT2D eigenvalue weighted by Crippen LogP contribution is -2.26. The Morgan fingerprint density at radius 3 is 2.86 bits per heavy atom. The van der Waals surface area contributed by atoms with Crippen molar-refractivity contribution in [1.82, 2.24) is 10.6 Å². The van der Waals surface area contributed by atoms with Crippen molar-refractivity contribution in [1.29, 1.82) is 0 Å². The van der Waals surface area contributed by atoms with Gasteiger partial charge in [-0.3, -0.25) is 0 Å². The second-order valence-corrected chi connectivity index (χ2v) is 3.77. The second-order valence-electron chi connectivity index (χ2n) is 3.77. The van der Waals surface area contributed by atoms with E-state index in [-0.39, 0.29) is 0 Å². The van der Waals surface area contributed by atoms with E-state index in [0.717, 1.165) is 26.1 Å². The van der Waals surface area contributed by atoms with Crippen LogP contribution in [-0.2, 0) is 6.54 Å². The van der Waals surface area contributed by atoms with E-state index in [1.807, 2.05) is 6.07 Å². The fourth-order valence-electron chi connectivity index (χ4n) is 1.23. The SMILES string of the molecule is CC(C)NCCCNCc1ccoc1. The summed E-state index contributed by atoms with van der Waals surface area (Å²) in [4.78, 5) is 0. The Labute approximate surface area is 85.9 Å². The van der Waals surface area contributed by atoms with Gasteiger partial charge in [-0.2, -0.15) is 0 Å². The summed E-state index contributed by atoms with van der Waals surface area (Å²) < 4.78 is 4.97. The normalized spacial score (nSPS) is 11.1. The quantitative estimate of drug-likeness (QED) is 0.652. The number of nitrogens with one attached hydrogen (secondary N) is 2. The Balaban J connectivity index is 1.90. The molecule has 3 heteroatoms. The second kappa shape index (κ2) is 6.62. The Morgan fingerprint density at radius 2 is 2.21 bits per heavy atom. The highest BCUT2D eigenvalue weighted by Crippen LogP contribution is 1.97. The lowest BCUT2D eigenvalue weighted by Gasteiger charge is -2.07. The molecule has 1 heterocycles. The molecular formula is C11H20N2O. The van der Waals surface area contributed by atoms with Crippen LogP contribution < -0.4 is 10.6 Å². The summed E-state index contributed by atoms with van der Waals surface area (Å²) in [5, 5.41) is 6.74. The molecule has 0 aliphatic carbocycles. The largest absolute Gasteiger partial charge is 0.472 e. The third-order valence-corrected chi connectivity index (χ3v) is 1.99. The molecule has 0 aromatic carbocycles. The molecule has 2 N–H and O–H groups in total. The van der Waals surface area contributed by atoms with Crippen LogP contribution in [0.3, 0.4) is 0 Å². The summed E-state index contributed by atoms with van der Waals surface area (Å²) in [5.74, 6) is 0. The monoisotopic (exact) mass is 196 g/mol. The van der Waals surface area contributed by atoms with Gasteiger partial charge in [0.1, 0.15) is 0 Å². The van der Waals surface area contributed by atoms with Gasteiger partial charge in [0.15, 0.2) is 0 Å². The van der Waals surface area contributed by atoms with E-state index in [2.05, 4.69) is 24.5 Å². The molecule has 0 fully saturated rings. The molecule has 14 heavy (non-hydrogen) atoms. The van der Waals surface area contributed by atoms with Crippen LogP contribution in [0.15, 0.2) is 23.0 Å². The third kappa shape index (κ3) is 5.04. The molecule has 0 saturated heterocycles. The molecule has 1 aromatic heterocycles. The van der Waals surface area contributed by atoms with Crippen LogP contribution >= 0.6 is 0 Å². The first-order valence-electron chi connectivity index (χ1n) is 5.24. The Morgan fingerprint density at radius 1 is 1.36 bits per heavy atom. The maximum Gasteiger partial charge on any atom is 0.0947 e. The van der Waals surface area contributed by atoms with Crippen LogP contribution in [0.1, 0.15) is 25.8 Å².